The zero-order valence-corrected chi connectivity index (χ0v) is 19.4. The average molecular weight is 470 g/mol. The lowest BCUT2D eigenvalue weighted by Crippen LogP contribution is -2.47. The maximum absolute atomic E-state index is 12.0. The van der Waals surface area contributed by atoms with Gasteiger partial charge >= 0.3 is 11.6 Å². The van der Waals surface area contributed by atoms with Crippen LogP contribution in [0, 0.1) is 24.0 Å². The number of nitrogens with zero attached hydrogens (tertiary/aromatic N) is 5. The van der Waals surface area contributed by atoms with E-state index < -0.39 is 4.92 Å². The monoisotopic (exact) mass is 469 g/mol. The van der Waals surface area contributed by atoms with E-state index in [1.54, 1.807) is 19.2 Å². The second-order valence-corrected chi connectivity index (χ2v) is 8.13. The average Bonchev–Trinajstić information content (AvgIpc) is 2.82. The second kappa shape index (κ2) is 9.50. The van der Waals surface area contributed by atoms with Crippen LogP contribution >= 0.6 is 11.6 Å². The highest BCUT2D eigenvalue weighted by atomic mass is 35.5. The SMILES string of the molecule is COc1ccc(N2CCN(c3ncnc(Oc4cc(C)c(Cl)c(C)c4)c3[N+](=O)[O-])CC2)cc1. The molecule has 0 atom stereocenters. The van der Waals surface area contributed by atoms with Crippen LogP contribution in [-0.2, 0) is 0 Å². The smallest absolute Gasteiger partial charge is 0.373 e. The fraction of sp³-hybridized carbons (Fsp3) is 0.304. The zero-order chi connectivity index (χ0) is 23.5. The summed E-state index contributed by atoms with van der Waals surface area (Å²) in [6.45, 7) is 6.23. The van der Waals surface area contributed by atoms with Crippen LogP contribution in [0.4, 0.5) is 17.2 Å². The van der Waals surface area contributed by atoms with Crippen LogP contribution in [0.25, 0.3) is 0 Å². The van der Waals surface area contributed by atoms with Crippen LogP contribution in [0.15, 0.2) is 42.7 Å². The van der Waals surface area contributed by atoms with Gasteiger partial charge in [0.25, 0.3) is 0 Å². The van der Waals surface area contributed by atoms with Crippen molar-refractivity contribution in [3.8, 4) is 17.4 Å². The largest absolute Gasteiger partial charge is 0.497 e. The normalized spacial score (nSPS) is 13.7. The Balaban J connectivity index is 1.55. The predicted octanol–water partition coefficient (Wildman–Crippen LogP) is 4.78. The minimum absolute atomic E-state index is 0.0938. The van der Waals surface area contributed by atoms with Crippen molar-refractivity contribution in [2.24, 2.45) is 0 Å². The molecule has 9 nitrogen and oxygen atoms in total. The Labute approximate surface area is 196 Å². The number of hydrogen-bond acceptors (Lipinski definition) is 8. The van der Waals surface area contributed by atoms with Gasteiger partial charge in [-0.1, -0.05) is 11.6 Å². The minimum Gasteiger partial charge on any atom is -0.497 e. The van der Waals surface area contributed by atoms with Gasteiger partial charge in [-0.25, -0.2) is 4.98 Å². The summed E-state index contributed by atoms with van der Waals surface area (Å²) >= 11 is 6.23. The lowest BCUT2D eigenvalue weighted by atomic mass is 10.1. The molecule has 0 radical (unpaired) electrons. The van der Waals surface area contributed by atoms with Crippen molar-refractivity contribution < 1.29 is 14.4 Å². The van der Waals surface area contributed by atoms with Crippen LogP contribution in [0.3, 0.4) is 0 Å². The quantitative estimate of drug-likeness (QED) is 0.376. The van der Waals surface area contributed by atoms with E-state index in [-0.39, 0.29) is 17.4 Å². The highest BCUT2D eigenvalue weighted by Crippen LogP contribution is 2.38. The molecule has 10 heteroatoms. The summed E-state index contributed by atoms with van der Waals surface area (Å²) in [6.07, 6.45) is 1.29. The van der Waals surface area contributed by atoms with Crippen molar-refractivity contribution in [2.75, 3.05) is 43.1 Å². The molecule has 0 aliphatic carbocycles. The molecule has 0 unspecified atom stereocenters. The molecule has 2 aromatic carbocycles. The molecule has 0 amide bonds. The molecule has 1 fully saturated rings. The fourth-order valence-electron chi connectivity index (χ4n) is 3.87. The molecule has 172 valence electrons. The summed E-state index contributed by atoms with van der Waals surface area (Å²) in [4.78, 5) is 23.9. The number of piperazine rings is 1. The Kier molecular flexibility index (Phi) is 6.50. The van der Waals surface area contributed by atoms with Gasteiger partial charge in [-0.05, 0) is 61.4 Å². The molecule has 1 saturated heterocycles. The van der Waals surface area contributed by atoms with E-state index in [0.717, 1.165) is 22.6 Å². The van der Waals surface area contributed by atoms with E-state index in [9.17, 15) is 10.1 Å². The molecule has 1 aliphatic heterocycles. The number of benzene rings is 2. The third-order valence-electron chi connectivity index (χ3n) is 5.59. The number of hydrogen-bond donors (Lipinski definition) is 0. The van der Waals surface area contributed by atoms with Gasteiger partial charge in [-0.2, -0.15) is 4.98 Å². The number of nitro groups is 1. The molecule has 0 bridgehead atoms. The van der Waals surface area contributed by atoms with Crippen molar-refractivity contribution in [1.82, 2.24) is 9.97 Å². The highest BCUT2D eigenvalue weighted by Gasteiger charge is 2.31. The van der Waals surface area contributed by atoms with Gasteiger partial charge in [0, 0.05) is 36.9 Å². The number of rotatable bonds is 6. The van der Waals surface area contributed by atoms with E-state index in [0.29, 0.717) is 37.0 Å². The first-order chi connectivity index (χ1) is 15.9. The first-order valence-electron chi connectivity index (χ1n) is 10.5. The summed E-state index contributed by atoms with van der Waals surface area (Å²) in [5.41, 5.74) is 2.46. The molecule has 3 aromatic rings. The maximum atomic E-state index is 12.0. The Morgan fingerprint density at radius 3 is 2.15 bits per heavy atom. The zero-order valence-electron chi connectivity index (χ0n) is 18.6. The van der Waals surface area contributed by atoms with Gasteiger partial charge in [0.15, 0.2) is 0 Å². The fourth-order valence-corrected chi connectivity index (χ4v) is 3.98. The lowest BCUT2D eigenvalue weighted by Gasteiger charge is -2.36. The third kappa shape index (κ3) is 4.78. The summed E-state index contributed by atoms with van der Waals surface area (Å²) in [5.74, 6) is 1.39. The number of aromatic nitrogens is 2. The summed E-state index contributed by atoms with van der Waals surface area (Å²) < 4.78 is 11.0. The van der Waals surface area contributed by atoms with Crippen molar-refractivity contribution in [1.29, 1.82) is 0 Å². The number of methoxy groups -OCH3 is 1. The standard InChI is InChI=1S/C23H24ClN5O4/c1-15-12-19(13-16(2)20(15)24)33-23-21(29(30)31)22(25-14-26-23)28-10-8-27(9-11-28)17-4-6-18(32-3)7-5-17/h4-7,12-14H,8-11H2,1-3H3. The van der Waals surface area contributed by atoms with Gasteiger partial charge < -0.3 is 19.3 Å². The van der Waals surface area contributed by atoms with Crippen LogP contribution in [0.2, 0.25) is 5.02 Å². The molecule has 1 aromatic heterocycles. The topological polar surface area (TPSA) is 93.9 Å². The third-order valence-corrected chi connectivity index (χ3v) is 6.19. The van der Waals surface area contributed by atoms with Crippen LogP contribution in [-0.4, -0.2) is 48.2 Å². The minimum atomic E-state index is -0.490. The Morgan fingerprint density at radius 2 is 1.58 bits per heavy atom. The van der Waals surface area contributed by atoms with Crippen molar-refractivity contribution >= 4 is 28.8 Å². The first kappa shape index (κ1) is 22.6. The highest BCUT2D eigenvalue weighted by molar-refractivity contribution is 6.32. The van der Waals surface area contributed by atoms with Gasteiger partial charge in [0.05, 0.1) is 12.0 Å². The van der Waals surface area contributed by atoms with E-state index in [1.807, 2.05) is 43.0 Å². The van der Waals surface area contributed by atoms with E-state index in [4.69, 9.17) is 21.1 Å². The van der Waals surface area contributed by atoms with Crippen molar-refractivity contribution in [2.45, 2.75) is 13.8 Å². The molecule has 4 rings (SSSR count). The summed E-state index contributed by atoms with van der Waals surface area (Å²) in [6, 6.07) is 11.3. The predicted molar refractivity (Wildman–Crippen MR) is 127 cm³/mol. The van der Waals surface area contributed by atoms with Crippen LogP contribution in [0.1, 0.15) is 11.1 Å². The van der Waals surface area contributed by atoms with Crippen LogP contribution < -0.4 is 19.3 Å². The second-order valence-electron chi connectivity index (χ2n) is 7.75. The van der Waals surface area contributed by atoms with Crippen molar-refractivity contribution in [3.63, 3.8) is 0 Å². The molecule has 2 heterocycles. The lowest BCUT2D eigenvalue weighted by molar-refractivity contribution is -0.385. The van der Waals surface area contributed by atoms with Gasteiger partial charge in [0.2, 0.25) is 5.82 Å². The number of halogens is 1. The Bertz CT molecular complexity index is 1140. The molecule has 0 saturated carbocycles. The molecular weight excluding hydrogens is 446 g/mol. The van der Waals surface area contributed by atoms with Gasteiger partial charge in [0.1, 0.15) is 17.8 Å². The summed E-state index contributed by atoms with van der Waals surface area (Å²) in [5, 5.41) is 12.6. The van der Waals surface area contributed by atoms with E-state index >= 15 is 0 Å². The molecule has 1 aliphatic rings. The van der Waals surface area contributed by atoms with Crippen LogP contribution in [0.5, 0.6) is 17.4 Å². The molecule has 33 heavy (non-hydrogen) atoms. The van der Waals surface area contributed by atoms with E-state index in [1.165, 1.54) is 6.33 Å². The van der Waals surface area contributed by atoms with E-state index in [2.05, 4.69) is 14.9 Å². The van der Waals surface area contributed by atoms with Crippen molar-refractivity contribution in [3.05, 3.63) is 69.0 Å². The first-order valence-corrected chi connectivity index (χ1v) is 10.8. The molecule has 0 spiro atoms. The number of ether oxygens (including phenoxy) is 2. The van der Waals surface area contributed by atoms with Gasteiger partial charge in [-0.15, -0.1) is 0 Å². The van der Waals surface area contributed by atoms with Gasteiger partial charge in [-0.3, -0.25) is 10.1 Å². The Morgan fingerprint density at radius 1 is 0.970 bits per heavy atom. The number of anilines is 2. The number of aryl methyl sites for hydroxylation is 2. The molecular formula is C23H24ClN5O4. The Hall–Kier alpha value is -3.59. The summed E-state index contributed by atoms with van der Waals surface area (Å²) in [7, 11) is 1.63. The molecule has 0 N–H and O–H groups in total. The maximum Gasteiger partial charge on any atom is 0.373 e.